The summed E-state index contributed by atoms with van der Waals surface area (Å²) in [5, 5.41) is 0.582. The average Bonchev–Trinajstić information content (AvgIpc) is 2.00. The van der Waals surface area contributed by atoms with Gasteiger partial charge in [-0.1, -0.05) is 0 Å². The molecule has 1 saturated heterocycles. The third-order valence-corrected chi connectivity index (χ3v) is 2.54. The average molecular weight is 213 g/mol. The first-order valence-corrected chi connectivity index (χ1v) is 5.56. The van der Waals surface area contributed by atoms with Gasteiger partial charge in [-0.3, -0.25) is 4.55 Å². The Morgan fingerprint density at radius 1 is 1.62 bits per heavy atom. The zero-order valence-corrected chi connectivity index (χ0v) is 7.83. The predicted molar refractivity (Wildman–Crippen MR) is 43.5 cm³/mol. The van der Waals surface area contributed by atoms with Crippen molar-refractivity contribution in [2.24, 2.45) is 0 Å². The number of hydrogen-bond donors (Lipinski definition) is 1. The molecular weight excluding hydrogens is 201 g/mol. The highest BCUT2D eigenvalue weighted by atomic mass is 32.2. The molecule has 1 rings (SSSR count). The molecule has 0 aromatic carbocycles. The fraction of sp³-hybridized carbons (Fsp3) is 1.00. The first-order valence-electron chi connectivity index (χ1n) is 3.95. The van der Waals surface area contributed by atoms with Crippen molar-refractivity contribution in [3.8, 4) is 0 Å². The van der Waals surface area contributed by atoms with Crippen LogP contribution in [0, 0.1) is 0 Å². The molecule has 1 atom stereocenters. The van der Waals surface area contributed by atoms with Gasteiger partial charge in [0.05, 0.1) is 31.6 Å². The predicted octanol–water partition coefficient (Wildman–Crippen LogP) is -0.150. The number of hydrogen-bond acceptors (Lipinski definition) is 4. The van der Waals surface area contributed by atoms with Crippen LogP contribution in [0.3, 0.4) is 0 Å². The molecule has 0 radical (unpaired) electrons. The summed E-state index contributed by atoms with van der Waals surface area (Å²) in [6, 6.07) is 0. The number of halogens is 1. The van der Waals surface area contributed by atoms with Gasteiger partial charge in [-0.15, -0.1) is 9.60 Å². The molecule has 0 bridgehead atoms. The van der Waals surface area contributed by atoms with E-state index in [1.165, 1.54) is 0 Å². The molecule has 1 heterocycles. The third-order valence-electron chi connectivity index (χ3n) is 1.79. The normalized spacial score (nSPS) is 26.2. The Bertz CT molecular complexity index is 255. The van der Waals surface area contributed by atoms with Gasteiger partial charge in [-0.25, -0.2) is 0 Å². The summed E-state index contributed by atoms with van der Waals surface area (Å²) >= 11 is 0. The monoisotopic (exact) mass is 213 g/mol. The molecule has 0 aliphatic carbocycles. The smallest absolute Gasteiger partial charge is 0.264 e. The van der Waals surface area contributed by atoms with E-state index in [1.54, 1.807) is 0 Å². The van der Waals surface area contributed by atoms with Gasteiger partial charge >= 0.3 is 0 Å². The molecule has 5 nitrogen and oxygen atoms in total. The first-order chi connectivity index (χ1) is 5.97. The van der Waals surface area contributed by atoms with Crippen molar-refractivity contribution in [1.29, 1.82) is 0 Å². The van der Waals surface area contributed by atoms with E-state index in [1.807, 2.05) is 0 Å². The van der Waals surface area contributed by atoms with Crippen LogP contribution < -0.4 is 0 Å². The van der Waals surface area contributed by atoms with Gasteiger partial charge in [0, 0.05) is 0 Å². The number of morpholine rings is 1. The summed E-state index contributed by atoms with van der Waals surface area (Å²) in [4.78, 5) is 0. The highest BCUT2D eigenvalue weighted by Gasteiger charge is 2.21. The van der Waals surface area contributed by atoms with Gasteiger partial charge in [0.1, 0.15) is 0 Å². The molecule has 1 aliphatic rings. The molecule has 0 aromatic rings. The van der Waals surface area contributed by atoms with Crippen molar-refractivity contribution in [3.63, 3.8) is 0 Å². The fourth-order valence-corrected chi connectivity index (χ4v) is 1.70. The van der Waals surface area contributed by atoms with Crippen molar-refractivity contribution in [2.45, 2.75) is 12.5 Å². The standard InChI is InChI=1S/C6H12FNO4S/c7-8-2-3-12-6(5-8)1-4-13(9,10)11/h6H,1-5H2,(H,9,10,11). The fourth-order valence-electron chi connectivity index (χ4n) is 1.14. The van der Waals surface area contributed by atoms with Gasteiger partial charge in [0.2, 0.25) is 0 Å². The molecular formula is C6H12FNO4S. The molecule has 1 unspecified atom stereocenters. The summed E-state index contributed by atoms with van der Waals surface area (Å²) in [7, 11) is -3.96. The lowest BCUT2D eigenvalue weighted by Crippen LogP contribution is -2.38. The Kier molecular flexibility index (Phi) is 3.60. The van der Waals surface area contributed by atoms with E-state index in [9.17, 15) is 12.9 Å². The minimum absolute atomic E-state index is 0.0650. The zero-order chi connectivity index (χ0) is 9.90. The van der Waals surface area contributed by atoms with E-state index in [2.05, 4.69) is 0 Å². The minimum atomic E-state index is -3.96. The summed E-state index contributed by atoms with van der Waals surface area (Å²) in [5.74, 6) is -0.383. The lowest BCUT2D eigenvalue weighted by molar-refractivity contribution is -0.106. The maximum Gasteiger partial charge on any atom is 0.264 e. The second-order valence-electron chi connectivity index (χ2n) is 2.94. The number of rotatable bonds is 3. The summed E-state index contributed by atoms with van der Waals surface area (Å²) in [6.07, 6.45) is -0.320. The number of nitrogens with zero attached hydrogens (tertiary/aromatic N) is 1. The lowest BCUT2D eigenvalue weighted by atomic mass is 10.2. The van der Waals surface area contributed by atoms with Gasteiger partial charge in [-0.05, 0) is 6.42 Å². The second-order valence-corrected chi connectivity index (χ2v) is 4.51. The zero-order valence-electron chi connectivity index (χ0n) is 7.02. The van der Waals surface area contributed by atoms with E-state index < -0.39 is 16.2 Å². The van der Waals surface area contributed by atoms with Gasteiger partial charge in [0.25, 0.3) is 10.1 Å². The quantitative estimate of drug-likeness (QED) is 0.521. The second kappa shape index (κ2) is 4.32. The SMILES string of the molecule is O=S(=O)(O)CCC1CN(F)CCO1. The molecule has 1 fully saturated rings. The molecule has 0 spiro atoms. The first kappa shape index (κ1) is 10.8. The molecule has 1 N–H and O–H groups in total. The molecule has 0 saturated carbocycles. The van der Waals surface area contributed by atoms with E-state index in [-0.39, 0.29) is 31.9 Å². The Morgan fingerprint density at radius 2 is 2.31 bits per heavy atom. The van der Waals surface area contributed by atoms with Crippen LogP contribution >= 0.6 is 0 Å². The molecule has 7 heteroatoms. The van der Waals surface area contributed by atoms with Gasteiger partial charge < -0.3 is 4.74 Å². The summed E-state index contributed by atoms with van der Waals surface area (Å²) in [6.45, 7) is 0.532. The minimum Gasteiger partial charge on any atom is -0.375 e. The largest absolute Gasteiger partial charge is 0.375 e. The van der Waals surface area contributed by atoms with E-state index in [0.29, 0.717) is 5.12 Å². The molecule has 78 valence electrons. The Labute approximate surface area is 76.2 Å². The lowest BCUT2D eigenvalue weighted by Gasteiger charge is -2.26. The Hall–Kier alpha value is -0.240. The van der Waals surface area contributed by atoms with Crippen LogP contribution in [0.25, 0.3) is 0 Å². The highest BCUT2D eigenvalue weighted by molar-refractivity contribution is 7.85. The maximum atomic E-state index is 12.6. The highest BCUT2D eigenvalue weighted by Crippen LogP contribution is 2.09. The number of ether oxygens (including phenoxy) is 1. The van der Waals surface area contributed by atoms with E-state index in [0.717, 1.165) is 0 Å². The molecule has 13 heavy (non-hydrogen) atoms. The van der Waals surface area contributed by atoms with Crippen LogP contribution in [0.1, 0.15) is 6.42 Å². The van der Waals surface area contributed by atoms with Crippen LogP contribution in [0.2, 0.25) is 0 Å². The Morgan fingerprint density at radius 3 is 2.85 bits per heavy atom. The third kappa shape index (κ3) is 4.51. The topological polar surface area (TPSA) is 66.8 Å². The molecule has 0 amide bonds. The van der Waals surface area contributed by atoms with Crippen LogP contribution in [0.4, 0.5) is 4.48 Å². The van der Waals surface area contributed by atoms with Crippen LogP contribution in [-0.2, 0) is 14.9 Å². The summed E-state index contributed by atoms with van der Waals surface area (Å²) in [5.41, 5.74) is 0. The van der Waals surface area contributed by atoms with Crippen molar-refractivity contribution >= 4 is 10.1 Å². The van der Waals surface area contributed by atoms with Gasteiger partial charge in [0.15, 0.2) is 0 Å². The molecule has 0 aromatic heterocycles. The van der Waals surface area contributed by atoms with Crippen LogP contribution in [0.5, 0.6) is 0 Å². The van der Waals surface area contributed by atoms with Crippen molar-refractivity contribution in [2.75, 3.05) is 25.4 Å². The van der Waals surface area contributed by atoms with Crippen molar-refractivity contribution < 1.29 is 22.2 Å². The Balaban J connectivity index is 2.29. The van der Waals surface area contributed by atoms with Gasteiger partial charge in [-0.2, -0.15) is 8.42 Å². The maximum absolute atomic E-state index is 12.6. The van der Waals surface area contributed by atoms with Crippen LogP contribution in [0.15, 0.2) is 0 Å². The molecule has 1 aliphatic heterocycles. The van der Waals surface area contributed by atoms with Crippen molar-refractivity contribution in [3.05, 3.63) is 0 Å². The van der Waals surface area contributed by atoms with E-state index in [4.69, 9.17) is 9.29 Å². The van der Waals surface area contributed by atoms with Crippen molar-refractivity contribution in [1.82, 2.24) is 5.12 Å². The van der Waals surface area contributed by atoms with Crippen LogP contribution in [-0.4, -0.2) is 49.6 Å². The summed E-state index contributed by atoms with van der Waals surface area (Å²) < 4.78 is 46.8. The van der Waals surface area contributed by atoms with E-state index >= 15 is 0 Å².